The molecule has 136 valence electrons. The number of imidazole rings is 1. The highest BCUT2D eigenvalue weighted by atomic mass is 32.1. The second-order valence-electron chi connectivity index (χ2n) is 6.03. The van der Waals surface area contributed by atoms with Crippen LogP contribution in [0.3, 0.4) is 0 Å². The van der Waals surface area contributed by atoms with E-state index in [4.69, 9.17) is 4.74 Å². The third-order valence-electron chi connectivity index (χ3n) is 4.05. The number of para-hydroxylation sites is 1. The van der Waals surface area contributed by atoms with Gasteiger partial charge in [0, 0.05) is 12.6 Å². The summed E-state index contributed by atoms with van der Waals surface area (Å²) in [5.74, 6) is 0.510. The smallest absolute Gasteiger partial charge is 0.257 e. The number of nitrogens with zero attached hydrogens (tertiary/aromatic N) is 4. The van der Waals surface area contributed by atoms with Crippen molar-refractivity contribution in [2.75, 3.05) is 5.32 Å². The molecule has 0 bridgehead atoms. The lowest BCUT2D eigenvalue weighted by Gasteiger charge is -2.10. The van der Waals surface area contributed by atoms with Gasteiger partial charge in [-0.1, -0.05) is 29.5 Å². The third-order valence-corrected chi connectivity index (χ3v) is 5.05. The van der Waals surface area contributed by atoms with Crippen molar-refractivity contribution in [3.05, 3.63) is 65.4 Å². The summed E-state index contributed by atoms with van der Waals surface area (Å²) in [5, 5.41) is 12.1. The number of ether oxygens (including phenoxy) is 1. The molecule has 2 aromatic carbocycles. The molecule has 27 heavy (non-hydrogen) atoms. The molecule has 1 N–H and O–H groups in total. The molecule has 0 unspecified atom stereocenters. The lowest BCUT2D eigenvalue weighted by atomic mass is 10.2. The van der Waals surface area contributed by atoms with Gasteiger partial charge < -0.3 is 9.30 Å². The zero-order valence-corrected chi connectivity index (χ0v) is 15.6. The minimum absolute atomic E-state index is 0.248. The van der Waals surface area contributed by atoms with Gasteiger partial charge in [0.2, 0.25) is 5.13 Å². The van der Waals surface area contributed by atoms with Crippen LogP contribution in [-0.4, -0.2) is 25.7 Å². The Bertz CT molecular complexity index is 1090. The lowest BCUT2D eigenvalue weighted by molar-refractivity contribution is 0.102. The van der Waals surface area contributed by atoms with Crippen molar-refractivity contribution in [2.24, 2.45) is 7.05 Å². The molecule has 1 atom stereocenters. The number of hydrogen-bond acceptors (Lipinski definition) is 6. The Labute approximate surface area is 159 Å². The molecule has 0 fully saturated rings. The fraction of sp³-hybridized carbons (Fsp3) is 0.158. The number of amides is 1. The second-order valence-corrected chi connectivity index (χ2v) is 7.04. The molecule has 0 saturated carbocycles. The molecule has 8 heteroatoms. The van der Waals surface area contributed by atoms with Crippen molar-refractivity contribution in [1.82, 2.24) is 19.7 Å². The molecular formula is C19H17N5O2S. The highest BCUT2D eigenvalue weighted by Gasteiger charge is 2.16. The zero-order chi connectivity index (χ0) is 18.8. The van der Waals surface area contributed by atoms with Crippen molar-refractivity contribution < 1.29 is 9.53 Å². The van der Waals surface area contributed by atoms with Crippen molar-refractivity contribution in [1.29, 1.82) is 0 Å². The van der Waals surface area contributed by atoms with E-state index in [-0.39, 0.29) is 12.0 Å². The molecule has 0 aliphatic heterocycles. The number of nitrogens with one attached hydrogen (secondary N) is 1. The first-order valence-electron chi connectivity index (χ1n) is 8.37. The second kappa shape index (κ2) is 7.16. The topological polar surface area (TPSA) is 81.9 Å². The molecular weight excluding hydrogens is 362 g/mol. The Balaban J connectivity index is 1.45. The van der Waals surface area contributed by atoms with Crippen molar-refractivity contribution in [3.8, 4) is 5.75 Å². The van der Waals surface area contributed by atoms with Gasteiger partial charge in [0.15, 0.2) is 5.01 Å². The van der Waals surface area contributed by atoms with E-state index in [1.165, 1.54) is 11.3 Å². The predicted octanol–water partition coefficient (Wildman–Crippen LogP) is 3.82. The van der Waals surface area contributed by atoms with E-state index in [1.807, 2.05) is 54.9 Å². The predicted molar refractivity (Wildman–Crippen MR) is 104 cm³/mol. The molecule has 2 heterocycles. The number of benzene rings is 2. The number of rotatable bonds is 5. The monoisotopic (exact) mass is 379 g/mol. The average molecular weight is 379 g/mol. The first kappa shape index (κ1) is 17.2. The zero-order valence-electron chi connectivity index (χ0n) is 14.8. The molecule has 7 nitrogen and oxygen atoms in total. The Morgan fingerprint density at radius 1 is 1.19 bits per heavy atom. The Kier molecular flexibility index (Phi) is 4.55. The Morgan fingerprint density at radius 2 is 2.00 bits per heavy atom. The molecule has 1 amide bonds. The fourth-order valence-electron chi connectivity index (χ4n) is 2.65. The number of anilines is 1. The van der Waals surface area contributed by atoms with E-state index in [2.05, 4.69) is 20.5 Å². The maximum Gasteiger partial charge on any atom is 0.257 e. The van der Waals surface area contributed by atoms with E-state index in [9.17, 15) is 4.79 Å². The molecule has 0 radical (unpaired) electrons. The van der Waals surface area contributed by atoms with Crippen LogP contribution in [0.1, 0.15) is 28.4 Å². The maximum atomic E-state index is 12.5. The summed E-state index contributed by atoms with van der Waals surface area (Å²) in [6.45, 7) is 1.90. The SMILES string of the molecule is C[C@@H](Oc1ccccc1)c1nnc(NC(=O)c2ccc3c(c2)ncn3C)s1. The number of aromatic nitrogens is 4. The van der Waals surface area contributed by atoms with Gasteiger partial charge in [-0.05, 0) is 37.3 Å². The summed E-state index contributed by atoms with van der Waals surface area (Å²) in [5.41, 5.74) is 2.26. The summed E-state index contributed by atoms with van der Waals surface area (Å²) in [6.07, 6.45) is 1.46. The van der Waals surface area contributed by atoms with Crippen LogP contribution in [0.25, 0.3) is 11.0 Å². The van der Waals surface area contributed by atoms with Gasteiger partial charge in [0.05, 0.1) is 17.4 Å². The van der Waals surface area contributed by atoms with Crippen molar-refractivity contribution >= 4 is 33.4 Å². The van der Waals surface area contributed by atoms with Crippen molar-refractivity contribution in [3.63, 3.8) is 0 Å². The van der Waals surface area contributed by atoms with Gasteiger partial charge in [-0.25, -0.2) is 4.98 Å². The van der Waals surface area contributed by atoms with E-state index >= 15 is 0 Å². The lowest BCUT2D eigenvalue weighted by Crippen LogP contribution is -2.11. The summed E-state index contributed by atoms with van der Waals surface area (Å²) < 4.78 is 7.74. The molecule has 0 aliphatic rings. The number of aryl methyl sites for hydroxylation is 1. The minimum atomic E-state index is -0.263. The highest BCUT2D eigenvalue weighted by Crippen LogP contribution is 2.26. The Morgan fingerprint density at radius 3 is 2.81 bits per heavy atom. The summed E-state index contributed by atoms with van der Waals surface area (Å²) in [6, 6.07) is 14.9. The minimum Gasteiger partial charge on any atom is -0.483 e. The fourth-order valence-corrected chi connectivity index (χ4v) is 3.37. The Hall–Kier alpha value is -3.26. The summed E-state index contributed by atoms with van der Waals surface area (Å²) in [7, 11) is 1.91. The van der Waals surface area contributed by atoms with Gasteiger partial charge >= 0.3 is 0 Å². The number of carbonyl (C=O) groups is 1. The molecule has 0 spiro atoms. The van der Waals surface area contributed by atoms with Gasteiger partial charge in [-0.15, -0.1) is 10.2 Å². The van der Waals surface area contributed by atoms with Crippen LogP contribution in [0.5, 0.6) is 5.75 Å². The molecule has 4 aromatic rings. The maximum absolute atomic E-state index is 12.5. The van der Waals surface area contributed by atoms with Crippen molar-refractivity contribution in [2.45, 2.75) is 13.0 Å². The standard InChI is InChI=1S/C19H17N5O2S/c1-12(26-14-6-4-3-5-7-14)18-22-23-19(27-18)21-17(25)13-8-9-16-15(10-13)20-11-24(16)2/h3-12H,1-2H3,(H,21,23,25)/t12-/m1/s1. The van der Waals surface area contributed by atoms with E-state index in [1.54, 1.807) is 18.5 Å². The first-order chi connectivity index (χ1) is 13.1. The molecule has 0 saturated heterocycles. The van der Waals surface area contributed by atoms with Crippen LogP contribution in [0.2, 0.25) is 0 Å². The van der Waals surface area contributed by atoms with Gasteiger partial charge in [0.1, 0.15) is 11.9 Å². The van der Waals surface area contributed by atoms with Gasteiger partial charge in [0.25, 0.3) is 5.91 Å². The summed E-state index contributed by atoms with van der Waals surface area (Å²) >= 11 is 1.29. The van der Waals surface area contributed by atoms with E-state index in [0.717, 1.165) is 16.8 Å². The number of hydrogen-bond donors (Lipinski definition) is 1. The van der Waals surface area contributed by atoms with Gasteiger partial charge in [-0.2, -0.15) is 0 Å². The quantitative estimate of drug-likeness (QED) is 0.570. The first-order valence-corrected chi connectivity index (χ1v) is 9.19. The van der Waals surface area contributed by atoms with Crippen LogP contribution in [0, 0.1) is 0 Å². The van der Waals surface area contributed by atoms with Crippen LogP contribution in [0.15, 0.2) is 54.9 Å². The van der Waals surface area contributed by atoms with Crippen LogP contribution in [0.4, 0.5) is 5.13 Å². The largest absolute Gasteiger partial charge is 0.483 e. The average Bonchev–Trinajstić information content (AvgIpc) is 3.29. The number of fused-ring (bicyclic) bond motifs is 1. The van der Waals surface area contributed by atoms with Crippen LogP contribution < -0.4 is 10.1 Å². The van der Waals surface area contributed by atoms with Gasteiger partial charge in [-0.3, -0.25) is 10.1 Å². The highest BCUT2D eigenvalue weighted by molar-refractivity contribution is 7.15. The van der Waals surface area contributed by atoms with E-state index < -0.39 is 0 Å². The molecule has 4 rings (SSSR count). The van der Waals surface area contributed by atoms with Crippen LogP contribution >= 0.6 is 11.3 Å². The van der Waals surface area contributed by atoms with E-state index in [0.29, 0.717) is 15.7 Å². The van der Waals surface area contributed by atoms with Crippen LogP contribution in [-0.2, 0) is 7.05 Å². The number of carbonyl (C=O) groups excluding carboxylic acids is 1. The molecule has 0 aliphatic carbocycles. The third kappa shape index (κ3) is 3.65. The summed E-state index contributed by atoms with van der Waals surface area (Å²) in [4.78, 5) is 16.8. The molecule has 2 aromatic heterocycles. The normalized spacial score (nSPS) is 12.1.